The van der Waals surface area contributed by atoms with Gasteiger partial charge in [0.05, 0.1) is 0 Å². The van der Waals surface area contributed by atoms with Gasteiger partial charge in [-0.3, -0.25) is 4.79 Å². The number of nitrogens with zero attached hydrogens (tertiary/aromatic N) is 2. The van der Waals surface area contributed by atoms with Crippen LogP contribution in [0.1, 0.15) is 11.7 Å². The fourth-order valence-corrected chi connectivity index (χ4v) is 0.958. The number of carbonyl (C=O) groups is 1. The normalized spacial score (nSPS) is 14.3. The number of hydrogen-bond donors (Lipinski definition) is 4. The van der Waals surface area contributed by atoms with Crippen LogP contribution in [0.2, 0.25) is 0 Å². The smallest absolute Gasteiger partial charge is 0.249 e. The van der Waals surface area contributed by atoms with Crippen molar-refractivity contribution in [2.24, 2.45) is 5.73 Å². The predicted octanol–water partition coefficient (Wildman–Crippen LogP) is -1.60. The molecule has 5 N–H and O–H groups in total. The van der Waals surface area contributed by atoms with Crippen molar-refractivity contribution in [2.75, 3.05) is 12.4 Å². The van der Waals surface area contributed by atoms with Crippen molar-refractivity contribution < 1.29 is 15.0 Å². The summed E-state index contributed by atoms with van der Waals surface area (Å²) in [5, 5.41) is 21.3. The summed E-state index contributed by atoms with van der Waals surface area (Å²) in [6.07, 6.45) is -0.465. The number of amides is 1. The Hall–Kier alpha value is -1.73. The minimum Gasteiger partial charge on any atom is -0.385 e. The Morgan fingerprint density at radius 2 is 2.00 bits per heavy atom. The lowest BCUT2D eigenvalue weighted by molar-refractivity contribution is -0.132. The SMILES string of the molecule is CNc1ncc(C(O)C(O)C(N)=O)cn1. The largest absolute Gasteiger partial charge is 0.385 e. The van der Waals surface area contributed by atoms with E-state index in [4.69, 9.17) is 5.73 Å². The minimum absolute atomic E-state index is 0.223. The molecule has 0 aromatic carbocycles. The van der Waals surface area contributed by atoms with E-state index in [0.717, 1.165) is 0 Å². The predicted molar refractivity (Wildman–Crippen MR) is 51.7 cm³/mol. The quantitative estimate of drug-likeness (QED) is 0.477. The van der Waals surface area contributed by atoms with Crippen molar-refractivity contribution in [3.63, 3.8) is 0 Å². The third kappa shape index (κ3) is 2.61. The molecular formula is C8H12N4O3. The summed E-state index contributed by atoms with van der Waals surface area (Å²) in [5.74, 6) is -0.625. The van der Waals surface area contributed by atoms with E-state index in [2.05, 4.69) is 15.3 Å². The summed E-state index contributed by atoms with van der Waals surface area (Å²) in [6.45, 7) is 0. The van der Waals surface area contributed by atoms with Crippen molar-refractivity contribution in [2.45, 2.75) is 12.2 Å². The lowest BCUT2D eigenvalue weighted by atomic mass is 10.1. The molecule has 82 valence electrons. The van der Waals surface area contributed by atoms with Crippen LogP contribution < -0.4 is 11.1 Å². The van der Waals surface area contributed by atoms with Gasteiger partial charge in [-0.05, 0) is 0 Å². The number of aromatic nitrogens is 2. The molecule has 0 fully saturated rings. The van der Waals surface area contributed by atoms with Crippen LogP contribution in [-0.2, 0) is 4.79 Å². The van der Waals surface area contributed by atoms with Gasteiger partial charge in [-0.25, -0.2) is 9.97 Å². The average Bonchev–Trinajstić information content (AvgIpc) is 2.27. The summed E-state index contributed by atoms with van der Waals surface area (Å²) >= 11 is 0. The number of anilines is 1. The highest BCUT2D eigenvalue weighted by Crippen LogP contribution is 2.15. The average molecular weight is 212 g/mol. The van der Waals surface area contributed by atoms with Crippen LogP contribution in [0, 0.1) is 0 Å². The van der Waals surface area contributed by atoms with Crippen LogP contribution >= 0.6 is 0 Å². The summed E-state index contributed by atoms with van der Waals surface area (Å²) in [7, 11) is 1.64. The lowest BCUT2D eigenvalue weighted by Gasteiger charge is -2.14. The van der Waals surface area contributed by atoms with Crippen molar-refractivity contribution in [3.8, 4) is 0 Å². The maximum absolute atomic E-state index is 10.6. The second kappa shape index (κ2) is 4.67. The van der Waals surface area contributed by atoms with E-state index in [-0.39, 0.29) is 5.56 Å². The van der Waals surface area contributed by atoms with E-state index in [1.54, 1.807) is 7.05 Å². The van der Waals surface area contributed by atoms with Crippen LogP contribution in [0.25, 0.3) is 0 Å². The fourth-order valence-electron chi connectivity index (χ4n) is 0.958. The highest BCUT2D eigenvalue weighted by Gasteiger charge is 2.23. The van der Waals surface area contributed by atoms with Crippen LogP contribution in [0.3, 0.4) is 0 Å². The van der Waals surface area contributed by atoms with Gasteiger partial charge in [0.2, 0.25) is 11.9 Å². The molecule has 0 radical (unpaired) electrons. The summed E-state index contributed by atoms with van der Waals surface area (Å²) in [6, 6.07) is 0. The van der Waals surface area contributed by atoms with Gasteiger partial charge in [0.1, 0.15) is 6.10 Å². The molecule has 1 amide bonds. The molecule has 0 aliphatic rings. The van der Waals surface area contributed by atoms with E-state index >= 15 is 0 Å². The molecule has 0 aliphatic heterocycles. The Morgan fingerprint density at radius 3 is 2.40 bits per heavy atom. The number of aliphatic hydroxyl groups is 2. The summed E-state index contributed by atoms with van der Waals surface area (Å²) in [5.41, 5.74) is 5.05. The van der Waals surface area contributed by atoms with Crippen molar-refractivity contribution in [3.05, 3.63) is 18.0 Å². The first-order valence-electron chi connectivity index (χ1n) is 4.21. The maximum atomic E-state index is 10.6. The molecular weight excluding hydrogens is 200 g/mol. The van der Waals surface area contributed by atoms with Gasteiger partial charge in [-0.2, -0.15) is 0 Å². The Kier molecular flexibility index (Phi) is 3.53. The number of carbonyl (C=O) groups excluding carboxylic acids is 1. The van der Waals surface area contributed by atoms with Crippen LogP contribution in [-0.4, -0.2) is 39.2 Å². The van der Waals surface area contributed by atoms with E-state index < -0.39 is 18.1 Å². The number of aliphatic hydroxyl groups excluding tert-OH is 2. The molecule has 0 saturated heterocycles. The maximum Gasteiger partial charge on any atom is 0.249 e. The van der Waals surface area contributed by atoms with Crippen LogP contribution in [0.15, 0.2) is 12.4 Å². The molecule has 0 bridgehead atoms. The third-order valence-corrected chi connectivity index (χ3v) is 1.83. The molecule has 1 aromatic rings. The first kappa shape index (κ1) is 11.3. The van der Waals surface area contributed by atoms with Gasteiger partial charge < -0.3 is 21.3 Å². The molecule has 0 aliphatic carbocycles. The highest BCUT2D eigenvalue weighted by atomic mass is 16.3. The molecule has 0 spiro atoms. The summed E-state index contributed by atoms with van der Waals surface area (Å²) < 4.78 is 0. The monoisotopic (exact) mass is 212 g/mol. The van der Waals surface area contributed by atoms with Gasteiger partial charge in [0.25, 0.3) is 0 Å². The zero-order valence-electron chi connectivity index (χ0n) is 8.08. The molecule has 7 heteroatoms. The molecule has 2 atom stereocenters. The lowest BCUT2D eigenvalue weighted by Crippen LogP contribution is -2.33. The van der Waals surface area contributed by atoms with Gasteiger partial charge in [0.15, 0.2) is 6.10 Å². The van der Waals surface area contributed by atoms with Crippen LogP contribution in [0.4, 0.5) is 5.95 Å². The number of hydrogen-bond acceptors (Lipinski definition) is 6. The Bertz CT molecular complexity index is 340. The molecule has 1 rings (SSSR count). The zero-order chi connectivity index (χ0) is 11.4. The van der Waals surface area contributed by atoms with E-state index in [9.17, 15) is 15.0 Å². The van der Waals surface area contributed by atoms with Gasteiger partial charge >= 0.3 is 0 Å². The molecule has 15 heavy (non-hydrogen) atoms. The molecule has 0 saturated carbocycles. The highest BCUT2D eigenvalue weighted by molar-refractivity contribution is 5.79. The number of nitrogens with one attached hydrogen (secondary N) is 1. The third-order valence-electron chi connectivity index (χ3n) is 1.83. The molecule has 7 nitrogen and oxygen atoms in total. The topological polar surface area (TPSA) is 121 Å². The number of nitrogens with two attached hydrogens (primary N) is 1. The van der Waals surface area contributed by atoms with E-state index in [1.807, 2.05) is 0 Å². The van der Waals surface area contributed by atoms with Gasteiger partial charge in [0, 0.05) is 25.0 Å². The molecule has 1 aromatic heterocycles. The van der Waals surface area contributed by atoms with Gasteiger partial charge in [-0.15, -0.1) is 0 Å². The zero-order valence-corrected chi connectivity index (χ0v) is 8.08. The molecule has 2 unspecified atom stereocenters. The van der Waals surface area contributed by atoms with Gasteiger partial charge in [-0.1, -0.05) is 0 Å². The molecule has 1 heterocycles. The van der Waals surface area contributed by atoms with Crippen LogP contribution in [0.5, 0.6) is 0 Å². The Morgan fingerprint density at radius 1 is 1.47 bits per heavy atom. The summed E-state index contributed by atoms with van der Waals surface area (Å²) in [4.78, 5) is 18.2. The fraction of sp³-hybridized carbons (Fsp3) is 0.375. The first-order valence-corrected chi connectivity index (χ1v) is 4.21. The standard InChI is InChI=1S/C8H12N4O3/c1-10-8-11-2-4(3-12-8)5(13)6(14)7(9)15/h2-3,5-6,13-14H,1H3,(H2,9,15)(H,10,11,12). The van der Waals surface area contributed by atoms with Crippen molar-refractivity contribution >= 4 is 11.9 Å². The Balaban J connectivity index is 2.82. The second-order valence-electron chi connectivity index (χ2n) is 2.88. The van der Waals surface area contributed by atoms with E-state index in [0.29, 0.717) is 5.95 Å². The van der Waals surface area contributed by atoms with Crippen molar-refractivity contribution in [1.29, 1.82) is 0 Å². The number of rotatable bonds is 4. The number of primary amides is 1. The minimum atomic E-state index is -1.66. The second-order valence-corrected chi connectivity index (χ2v) is 2.88. The Labute approximate surface area is 86.0 Å². The van der Waals surface area contributed by atoms with Crippen molar-refractivity contribution in [1.82, 2.24) is 9.97 Å². The first-order chi connectivity index (χ1) is 7.06. The van der Waals surface area contributed by atoms with E-state index in [1.165, 1.54) is 12.4 Å².